The highest BCUT2D eigenvalue weighted by atomic mass is 19.3. The Hall–Kier alpha value is -3.38. The summed E-state index contributed by atoms with van der Waals surface area (Å²) < 4.78 is 121. The average Bonchev–Trinajstić information content (AvgIpc) is 2.76. The SMILES string of the molecule is COC(=O)[C@@H](CC(C)C)N1C(=O)C(F)(F)Oc2cc(F)c(-c3c(F)c(F)c(F)c(F)c3F)cc21. The Labute approximate surface area is 186 Å². The fourth-order valence-electron chi connectivity index (χ4n) is 3.48. The molecule has 1 amide bonds. The number of methoxy groups -OCH3 is 1. The van der Waals surface area contributed by atoms with Crippen LogP contribution < -0.4 is 9.64 Å². The smallest absolute Gasteiger partial charge is 0.467 e. The van der Waals surface area contributed by atoms with Crippen molar-refractivity contribution in [1.29, 1.82) is 0 Å². The Bertz CT molecular complexity index is 1160. The summed E-state index contributed by atoms with van der Waals surface area (Å²) in [5, 5.41) is 0. The fraction of sp³-hybridized carbons (Fsp3) is 0.333. The lowest BCUT2D eigenvalue weighted by Crippen LogP contribution is -2.57. The van der Waals surface area contributed by atoms with Crippen LogP contribution in [0.25, 0.3) is 11.1 Å². The summed E-state index contributed by atoms with van der Waals surface area (Å²) in [7, 11) is 0.907. The highest BCUT2D eigenvalue weighted by Crippen LogP contribution is 2.45. The van der Waals surface area contributed by atoms with Gasteiger partial charge in [-0.1, -0.05) is 13.8 Å². The topological polar surface area (TPSA) is 55.8 Å². The van der Waals surface area contributed by atoms with E-state index in [9.17, 15) is 44.7 Å². The lowest BCUT2D eigenvalue weighted by atomic mass is 9.97. The molecular formula is C21H15F8NO4. The first-order valence-electron chi connectivity index (χ1n) is 9.56. The molecule has 0 spiro atoms. The first-order chi connectivity index (χ1) is 15.7. The number of carbonyl (C=O) groups is 2. The second-order valence-corrected chi connectivity index (χ2v) is 7.71. The van der Waals surface area contributed by atoms with E-state index in [0.29, 0.717) is 6.07 Å². The van der Waals surface area contributed by atoms with E-state index in [2.05, 4.69) is 9.47 Å². The van der Waals surface area contributed by atoms with Gasteiger partial charge in [0.1, 0.15) is 11.9 Å². The molecule has 0 radical (unpaired) electrons. The highest BCUT2D eigenvalue weighted by Gasteiger charge is 2.54. The molecule has 5 nitrogen and oxygen atoms in total. The molecule has 1 aliphatic heterocycles. The van der Waals surface area contributed by atoms with Crippen molar-refractivity contribution in [3.8, 4) is 16.9 Å². The van der Waals surface area contributed by atoms with Gasteiger partial charge in [-0.15, -0.1) is 0 Å². The van der Waals surface area contributed by atoms with Gasteiger partial charge in [0.25, 0.3) is 0 Å². The van der Waals surface area contributed by atoms with Crippen molar-refractivity contribution < 1.29 is 54.2 Å². The Balaban J connectivity index is 2.34. The maximum Gasteiger partial charge on any atom is 0.483 e. The molecule has 0 fully saturated rings. The van der Waals surface area contributed by atoms with Crippen LogP contribution in [0.5, 0.6) is 5.75 Å². The molecule has 0 saturated heterocycles. The zero-order valence-corrected chi connectivity index (χ0v) is 17.6. The quantitative estimate of drug-likeness (QED) is 0.250. The monoisotopic (exact) mass is 497 g/mol. The maximum atomic E-state index is 14.7. The minimum absolute atomic E-state index is 0.180. The van der Waals surface area contributed by atoms with E-state index >= 15 is 0 Å². The first kappa shape index (κ1) is 25.2. The Morgan fingerprint density at radius 3 is 2.03 bits per heavy atom. The van der Waals surface area contributed by atoms with Crippen LogP contribution >= 0.6 is 0 Å². The molecule has 0 bridgehead atoms. The second kappa shape index (κ2) is 8.76. The molecule has 0 unspecified atom stereocenters. The zero-order valence-electron chi connectivity index (χ0n) is 17.6. The van der Waals surface area contributed by atoms with Crippen LogP contribution in [0.3, 0.4) is 0 Å². The van der Waals surface area contributed by atoms with Crippen LogP contribution in [-0.2, 0) is 14.3 Å². The van der Waals surface area contributed by atoms with Crippen molar-refractivity contribution in [1.82, 2.24) is 0 Å². The lowest BCUT2D eigenvalue weighted by Gasteiger charge is -2.38. The van der Waals surface area contributed by atoms with E-state index in [1.54, 1.807) is 13.8 Å². The fourth-order valence-corrected chi connectivity index (χ4v) is 3.48. The number of carbonyl (C=O) groups excluding carboxylic acids is 2. The third-order valence-corrected chi connectivity index (χ3v) is 4.97. The van der Waals surface area contributed by atoms with Gasteiger partial charge in [-0.05, 0) is 18.4 Å². The maximum absolute atomic E-state index is 14.7. The molecule has 1 aliphatic rings. The van der Waals surface area contributed by atoms with E-state index in [1.807, 2.05) is 0 Å². The number of hydrogen-bond acceptors (Lipinski definition) is 4. The molecule has 184 valence electrons. The number of hydrogen-bond donors (Lipinski definition) is 0. The summed E-state index contributed by atoms with van der Waals surface area (Å²) in [6, 6.07) is -1.16. The molecule has 3 rings (SSSR count). The van der Waals surface area contributed by atoms with Crippen LogP contribution in [0.4, 0.5) is 40.8 Å². The molecule has 34 heavy (non-hydrogen) atoms. The van der Waals surface area contributed by atoms with Gasteiger partial charge in [0.15, 0.2) is 29.0 Å². The Morgan fingerprint density at radius 2 is 1.53 bits per heavy atom. The normalized spacial score (nSPS) is 15.8. The summed E-state index contributed by atoms with van der Waals surface area (Å²) in [4.78, 5) is 25.0. The summed E-state index contributed by atoms with van der Waals surface area (Å²) >= 11 is 0. The molecule has 13 heteroatoms. The second-order valence-electron chi connectivity index (χ2n) is 7.71. The standard InChI is InChI=1S/C21H15F8NO4/c1-7(2)4-11(19(31)33-3)30-10-5-8(9(22)6-12(10)34-21(28,29)20(30)32)13-14(23)16(25)18(27)17(26)15(13)24/h5-7,11H,4H2,1-3H3/t11-/m1/s1. The average molecular weight is 497 g/mol. The number of alkyl halides is 2. The number of fused-ring (bicyclic) bond motifs is 1. The number of amides is 1. The molecule has 1 atom stereocenters. The van der Waals surface area contributed by atoms with Crippen molar-refractivity contribution in [2.24, 2.45) is 5.92 Å². The number of anilines is 1. The number of rotatable bonds is 5. The number of nitrogens with zero attached hydrogens (tertiary/aromatic N) is 1. The van der Waals surface area contributed by atoms with E-state index in [-0.39, 0.29) is 23.3 Å². The van der Waals surface area contributed by atoms with Gasteiger partial charge in [0.05, 0.1) is 18.4 Å². The predicted octanol–water partition coefficient (Wildman–Crippen LogP) is 5.09. The van der Waals surface area contributed by atoms with Crippen molar-refractivity contribution in [2.45, 2.75) is 32.4 Å². The van der Waals surface area contributed by atoms with Crippen molar-refractivity contribution in [2.75, 3.05) is 12.0 Å². The molecule has 0 aliphatic carbocycles. The summed E-state index contributed by atoms with van der Waals surface area (Å²) in [6.45, 7) is 3.15. The molecule has 0 saturated carbocycles. The zero-order chi connectivity index (χ0) is 25.7. The Morgan fingerprint density at radius 1 is 1.00 bits per heavy atom. The molecule has 0 N–H and O–H groups in total. The van der Waals surface area contributed by atoms with Gasteiger partial charge in [0.2, 0.25) is 5.82 Å². The van der Waals surface area contributed by atoms with Crippen LogP contribution in [0.1, 0.15) is 20.3 Å². The minimum Gasteiger partial charge on any atom is -0.467 e. The van der Waals surface area contributed by atoms with Gasteiger partial charge < -0.3 is 9.47 Å². The van der Waals surface area contributed by atoms with Gasteiger partial charge in [-0.3, -0.25) is 9.69 Å². The number of esters is 1. The molecular weight excluding hydrogens is 482 g/mol. The van der Waals surface area contributed by atoms with E-state index < -0.39 is 81.5 Å². The van der Waals surface area contributed by atoms with Crippen LogP contribution in [0, 0.1) is 40.8 Å². The van der Waals surface area contributed by atoms with Crippen LogP contribution in [0.15, 0.2) is 12.1 Å². The summed E-state index contributed by atoms with van der Waals surface area (Å²) in [5.41, 5.74) is -3.74. The molecule has 1 heterocycles. The predicted molar refractivity (Wildman–Crippen MR) is 99.9 cm³/mol. The van der Waals surface area contributed by atoms with Crippen molar-refractivity contribution >= 4 is 17.6 Å². The number of benzene rings is 2. The molecule has 2 aromatic rings. The summed E-state index contributed by atoms with van der Waals surface area (Å²) in [6.07, 6.45) is -4.82. The lowest BCUT2D eigenvalue weighted by molar-refractivity contribution is -0.194. The number of halogens is 8. The highest BCUT2D eigenvalue weighted by molar-refractivity contribution is 6.05. The molecule has 0 aromatic heterocycles. The van der Waals surface area contributed by atoms with Crippen molar-refractivity contribution in [3.63, 3.8) is 0 Å². The van der Waals surface area contributed by atoms with Gasteiger partial charge in [-0.2, -0.15) is 8.78 Å². The van der Waals surface area contributed by atoms with E-state index in [1.165, 1.54) is 0 Å². The van der Waals surface area contributed by atoms with E-state index in [0.717, 1.165) is 7.11 Å². The Kier molecular flexibility index (Phi) is 6.51. The van der Waals surface area contributed by atoms with Gasteiger partial charge >= 0.3 is 18.0 Å². The third-order valence-electron chi connectivity index (χ3n) is 4.97. The van der Waals surface area contributed by atoms with Gasteiger partial charge in [-0.25, -0.2) is 31.1 Å². The number of ether oxygens (including phenoxy) is 2. The molecule has 2 aromatic carbocycles. The summed E-state index contributed by atoms with van der Waals surface area (Å²) in [5.74, 6) is -18.4. The minimum atomic E-state index is -4.57. The first-order valence-corrected chi connectivity index (χ1v) is 9.56. The van der Waals surface area contributed by atoms with Crippen LogP contribution in [0.2, 0.25) is 0 Å². The van der Waals surface area contributed by atoms with Gasteiger partial charge in [0, 0.05) is 11.6 Å². The largest absolute Gasteiger partial charge is 0.483 e. The van der Waals surface area contributed by atoms with Crippen molar-refractivity contribution in [3.05, 3.63) is 47.0 Å². The van der Waals surface area contributed by atoms with Crippen LogP contribution in [-0.4, -0.2) is 31.1 Å². The third kappa shape index (κ3) is 4.03. The van der Waals surface area contributed by atoms with E-state index in [4.69, 9.17) is 0 Å².